The molecule has 0 atom stereocenters. The Morgan fingerprint density at radius 1 is 0.357 bits per heavy atom. The van der Waals surface area contributed by atoms with Crippen molar-refractivity contribution >= 4 is 65.6 Å². The van der Waals surface area contributed by atoms with Gasteiger partial charge in [0.2, 0.25) is 0 Å². The molecule has 0 aliphatic rings. The van der Waals surface area contributed by atoms with Crippen molar-refractivity contribution in [2.24, 2.45) is 0 Å². The van der Waals surface area contributed by atoms with Gasteiger partial charge in [0, 0.05) is 38.1 Å². The summed E-state index contributed by atoms with van der Waals surface area (Å²) < 4.78 is 13.5. The van der Waals surface area contributed by atoms with E-state index < -0.39 is 0 Å². The lowest BCUT2D eigenvalue weighted by Gasteiger charge is -2.17. The molecule has 0 saturated heterocycles. The van der Waals surface area contributed by atoms with Crippen LogP contribution in [0.25, 0.3) is 105 Å². The van der Waals surface area contributed by atoms with Gasteiger partial charge in [0.25, 0.3) is 0 Å². The van der Waals surface area contributed by atoms with E-state index in [2.05, 4.69) is 159 Å². The monoisotopic (exact) mass is 717 g/mol. The Labute approximate surface area is 320 Å². The summed E-state index contributed by atoms with van der Waals surface area (Å²) in [6.07, 6.45) is 0. The van der Waals surface area contributed by atoms with Gasteiger partial charge in [0.15, 0.2) is 11.6 Å². The summed E-state index contributed by atoms with van der Waals surface area (Å²) in [5.41, 5.74) is 11.4. The molecule has 12 aromatic rings. The Hall–Kier alpha value is -7.70. The number of hydrogen-bond donors (Lipinski definition) is 0. The molecule has 0 aliphatic heterocycles. The lowest BCUT2D eigenvalue weighted by Crippen LogP contribution is -2.03. The molecule has 56 heavy (non-hydrogen) atoms. The first-order chi connectivity index (χ1) is 27.8. The standard InChI is InChI=1S/C50H31N5O/c1-3-15-32(16-4-1)49-51-52-50(33-17-5-2-6-18-33)53(49)34-27-29-42-39(31-34)36-20-8-10-22-40(36)54(42)43-24-12-13-25-44(43)55-41-23-11-7-19-35(41)37-28-30-46-47(48(37)55)38-21-9-14-26-45(38)56-46/h1-31H. The van der Waals surface area contributed by atoms with E-state index in [4.69, 9.17) is 14.6 Å². The Morgan fingerprint density at radius 3 is 1.59 bits per heavy atom. The molecule has 0 N–H and O–H groups in total. The molecule has 0 aliphatic carbocycles. The second kappa shape index (κ2) is 11.9. The molecule has 0 radical (unpaired) electrons. The van der Waals surface area contributed by atoms with Crippen LogP contribution in [0.4, 0.5) is 0 Å². The van der Waals surface area contributed by atoms with Gasteiger partial charge in [-0.15, -0.1) is 10.2 Å². The van der Waals surface area contributed by atoms with Gasteiger partial charge in [-0.3, -0.25) is 4.57 Å². The summed E-state index contributed by atoms with van der Waals surface area (Å²) in [5.74, 6) is 1.59. The second-order valence-corrected chi connectivity index (χ2v) is 14.2. The highest BCUT2D eigenvalue weighted by molar-refractivity contribution is 6.24. The average Bonchev–Trinajstić information content (AvgIpc) is 4.03. The molecular weight excluding hydrogens is 687 g/mol. The van der Waals surface area contributed by atoms with Crippen molar-refractivity contribution in [1.29, 1.82) is 0 Å². The Kier molecular flexibility index (Phi) is 6.53. The molecular formula is C50H31N5O. The molecule has 0 fully saturated rings. The first-order valence-corrected chi connectivity index (χ1v) is 18.8. The minimum Gasteiger partial charge on any atom is -0.456 e. The molecule has 0 saturated carbocycles. The van der Waals surface area contributed by atoms with Crippen LogP contribution >= 0.6 is 0 Å². The Morgan fingerprint density at radius 2 is 0.893 bits per heavy atom. The van der Waals surface area contributed by atoms with E-state index in [0.717, 1.165) is 89.2 Å². The van der Waals surface area contributed by atoms with Crippen molar-refractivity contribution in [2.45, 2.75) is 0 Å². The lowest BCUT2D eigenvalue weighted by atomic mass is 10.1. The third kappa shape index (κ3) is 4.38. The van der Waals surface area contributed by atoms with E-state index in [-0.39, 0.29) is 0 Å². The minimum absolute atomic E-state index is 0.794. The predicted molar refractivity (Wildman–Crippen MR) is 228 cm³/mol. The summed E-state index contributed by atoms with van der Waals surface area (Å²) >= 11 is 0. The van der Waals surface area contributed by atoms with Gasteiger partial charge in [-0.05, 0) is 60.7 Å². The van der Waals surface area contributed by atoms with Gasteiger partial charge < -0.3 is 13.6 Å². The van der Waals surface area contributed by atoms with Gasteiger partial charge >= 0.3 is 0 Å². The molecule has 8 aromatic carbocycles. The molecule has 6 heteroatoms. The SMILES string of the molecule is c1ccc(-c2nnc(-c3ccccc3)n2-c2ccc3c(c2)c2ccccc2n3-c2ccccc2-n2c3ccccc3c3ccc4oc5ccccc5c4c32)cc1. The third-order valence-electron chi connectivity index (χ3n) is 11.2. The summed E-state index contributed by atoms with van der Waals surface area (Å²) in [7, 11) is 0. The number of nitrogens with zero attached hydrogens (tertiary/aromatic N) is 5. The Balaban J connectivity index is 1.14. The average molecular weight is 718 g/mol. The van der Waals surface area contributed by atoms with Crippen LogP contribution in [-0.4, -0.2) is 23.9 Å². The van der Waals surface area contributed by atoms with Crippen molar-refractivity contribution in [1.82, 2.24) is 23.9 Å². The molecule has 4 aromatic heterocycles. The van der Waals surface area contributed by atoms with Crippen LogP contribution in [0, 0.1) is 0 Å². The lowest BCUT2D eigenvalue weighted by molar-refractivity contribution is 0.669. The number of benzene rings is 8. The molecule has 6 nitrogen and oxygen atoms in total. The van der Waals surface area contributed by atoms with Crippen molar-refractivity contribution in [3.8, 4) is 39.8 Å². The largest absolute Gasteiger partial charge is 0.456 e. The number of aromatic nitrogens is 5. The molecule has 0 amide bonds. The van der Waals surface area contributed by atoms with Crippen LogP contribution < -0.4 is 0 Å². The van der Waals surface area contributed by atoms with Gasteiger partial charge in [-0.25, -0.2) is 0 Å². The van der Waals surface area contributed by atoms with Crippen molar-refractivity contribution in [3.63, 3.8) is 0 Å². The zero-order valence-corrected chi connectivity index (χ0v) is 30.0. The van der Waals surface area contributed by atoms with Crippen LogP contribution in [0.1, 0.15) is 0 Å². The van der Waals surface area contributed by atoms with Crippen LogP contribution in [0.15, 0.2) is 192 Å². The van der Waals surface area contributed by atoms with E-state index >= 15 is 0 Å². The minimum atomic E-state index is 0.794. The van der Waals surface area contributed by atoms with E-state index in [9.17, 15) is 0 Å². The maximum absolute atomic E-state index is 6.45. The second-order valence-electron chi connectivity index (χ2n) is 14.2. The van der Waals surface area contributed by atoms with Crippen molar-refractivity contribution < 1.29 is 4.42 Å². The number of para-hydroxylation sites is 5. The van der Waals surface area contributed by atoms with Gasteiger partial charge in [-0.2, -0.15) is 0 Å². The van der Waals surface area contributed by atoms with E-state index in [0.29, 0.717) is 0 Å². The van der Waals surface area contributed by atoms with Crippen molar-refractivity contribution in [2.75, 3.05) is 0 Å². The number of furan rings is 1. The first kappa shape index (κ1) is 30.7. The molecule has 4 heterocycles. The fraction of sp³-hybridized carbons (Fsp3) is 0. The molecule has 262 valence electrons. The number of fused-ring (bicyclic) bond motifs is 10. The Bertz CT molecular complexity index is 3420. The smallest absolute Gasteiger partial charge is 0.168 e. The summed E-state index contributed by atoms with van der Waals surface area (Å²) in [4.78, 5) is 0. The summed E-state index contributed by atoms with van der Waals surface area (Å²) in [6, 6.07) is 66.2. The summed E-state index contributed by atoms with van der Waals surface area (Å²) in [5, 5.41) is 16.5. The highest BCUT2D eigenvalue weighted by Crippen LogP contribution is 2.43. The number of rotatable bonds is 5. The van der Waals surface area contributed by atoms with Crippen molar-refractivity contribution in [3.05, 3.63) is 188 Å². The van der Waals surface area contributed by atoms with Gasteiger partial charge in [0.1, 0.15) is 11.2 Å². The highest BCUT2D eigenvalue weighted by atomic mass is 16.3. The van der Waals surface area contributed by atoms with Gasteiger partial charge in [0.05, 0.1) is 44.5 Å². The van der Waals surface area contributed by atoms with E-state index in [1.54, 1.807) is 0 Å². The van der Waals surface area contributed by atoms with E-state index in [1.165, 1.54) is 16.2 Å². The zero-order chi connectivity index (χ0) is 36.7. The third-order valence-corrected chi connectivity index (χ3v) is 11.2. The fourth-order valence-corrected chi connectivity index (χ4v) is 8.79. The zero-order valence-electron chi connectivity index (χ0n) is 30.0. The van der Waals surface area contributed by atoms with Crippen LogP contribution in [0.3, 0.4) is 0 Å². The normalized spacial score (nSPS) is 11.9. The molecule has 12 rings (SSSR count). The topological polar surface area (TPSA) is 53.7 Å². The predicted octanol–water partition coefficient (Wildman–Crippen LogP) is 12.7. The highest BCUT2D eigenvalue weighted by Gasteiger charge is 2.23. The molecule has 0 bridgehead atoms. The van der Waals surface area contributed by atoms with Crippen LogP contribution in [-0.2, 0) is 0 Å². The number of hydrogen-bond acceptors (Lipinski definition) is 3. The summed E-state index contributed by atoms with van der Waals surface area (Å²) in [6.45, 7) is 0. The maximum atomic E-state index is 6.45. The van der Waals surface area contributed by atoms with Crippen LogP contribution in [0.5, 0.6) is 0 Å². The van der Waals surface area contributed by atoms with Crippen LogP contribution in [0.2, 0.25) is 0 Å². The molecule has 0 spiro atoms. The maximum Gasteiger partial charge on any atom is 0.168 e. The fourth-order valence-electron chi connectivity index (χ4n) is 8.79. The molecule has 0 unspecified atom stereocenters. The van der Waals surface area contributed by atoms with Gasteiger partial charge in [-0.1, -0.05) is 127 Å². The van der Waals surface area contributed by atoms with E-state index in [1.807, 2.05) is 42.5 Å². The quantitative estimate of drug-likeness (QED) is 0.178. The first-order valence-electron chi connectivity index (χ1n) is 18.8.